The number of ketones is 1. The first-order valence-corrected chi connectivity index (χ1v) is 11.7. The van der Waals surface area contributed by atoms with E-state index in [-0.39, 0.29) is 22.8 Å². The second-order valence-corrected chi connectivity index (χ2v) is 8.35. The first-order chi connectivity index (χ1) is 18.3. The van der Waals surface area contributed by atoms with Crippen molar-refractivity contribution < 1.29 is 32.6 Å². The van der Waals surface area contributed by atoms with Crippen LogP contribution in [0.3, 0.4) is 0 Å². The third-order valence-corrected chi connectivity index (χ3v) is 6.12. The Kier molecular flexibility index (Phi) is 8.08. The van der Waals surface area contributed by atoms with Crippen LogP contribution in [0.5, 0.6) is 11.5 Å². The summed E-state index contributed by atoms with van der Waals surface area (Å²) < 4.78 is 46.0. The van der Waals surface area contributed by atoms with E-state index in [4.69, 9.17) is 19.9 Å². The maximum absolute atomic E-state index is 15.4. The maximum atomic E-state index is 15.4. The molecule has 2 N–H and O–H groups in total. The SMILES string of the molecule is CCC1OC(C=O)N(C(N)c2ccc(C(=O)c3cccnc3)cc2)N=C1c1cc(F)c(OC)c(OC)c1F. The van der Waals surface area contributed by atoms with E-state index < -0.39 is 35.9 Å². The Hall–Kier alpha value is -4.22. The zero-order chi connectivity index (χ0) is 27.4. The Balaban J connectivity index is 1.72. The highest BCUT2D eigenvalue weighted by atomic mass is 19.1. The Morgan fingerprint density at radius 1 is 1.16 bits per heavy atom. The summed E-state index contributed by atoms with van der Waals surface area (Å²) in [5, 5.41) is 5.63. The number of hydrazone groups is 1. The molecule has 0 aliphatic carbocycles. The molecule has 0 spiro atoms. The van der Waals surface area contributed by atoms with Crippen LogP contribution < -0.4 is 15.2 Å². The van der Waals surface area contributed by atoms with E-state index in [9.17, 15) is 14.0 Å². The molecule has 0 saturated carbocycles. The van der Waals surface area contributed by atoms with Crippen molar-refractivity contribution in [3.8, 4) is 11.5 Å². The first kappa shape index (κ1) is 26.8. The lowest BCUT2D eigenvalue weighted by Crippen LogP contribution is -2.49. The predicted octanol–water partition coefficient (Wildman–Crippen LogP) is 3.61. The van der Waals surface area contributed by atoms with Gasteiger partial charge in [0.2, 0.25) is 12.0 Å². The summed E-state index contributed by atoms with van der Waals surface area (Å²) in [5.41, 5.74) is 7.60. The number of aromatic nitrogens is 1. The normalized spacial score (nSPS) is 17.9. The smallest absolute Gasteiger partial charge is 0.204 e. The summed E-state index contributed by atoms with van der Waals surface area (Å²) in [6.45, 7) is 1.75. The summed E-state index contributed by atoms with van der Waals surface area (Å²) in [6.07, 6.45) is 0.834. The number of rotatable bonds is 9. The first-order valence-electron chi connectivity index (χ1n) is 11.7. The van der Waals surface area contributed by atoms with Gasteiger partial charge in [-0.05, 0) is 30.2 Å². The maximum Gasteiger partial charge on any atom is 0.204 e. The molecule has 3 atom stereocenters. The van der Waals surface area contributed by atoms with E-state index in [1.165, 1.54) is 25.4 Å². The van der Waals surface area contributed by atoms with Crippen LogP contribution in [0.2, 0.25) is 0 Å². The molecule has 9 nitrogen and oxygen atoms in total. The predicted molar refractivity (Wildman–Crippen MR) is 134 cm³/mol. The van der Waals surface area contributed by atoms with Crippen LogP contribution in [0.25, 0.3) is 0 Å². The standard InChI is InChI=1S/C27H26F2N4O5/c1-4-20-23(18-12-19(28)25(36-2)26(37-3)22(18)29)32-33(21(14-34)38-20)27(30)16-9-7-15(8-10-16)24(35)17-6-5-11-31-13-17/h5-14,20-21,27H,4,30H2,1-3H3. The lowest BCUT2D eigenvalue weighted by Gasteiger charge is -2.38. The van der Waals surface area contributed by atoms with Gasteiger partial charge < -0.3 is 19.9 Å². The van der Waals surface area contributed by atoms with Gasteiger partial charge in [0.05, 0.1) is 14.2 Å². The van der Waals surface area contributed by atoms with Crippen molar-refractivity contribution in [2.75, 3.05) is 14.2 Å². The molecule has 198 valence electrons. The van der Waals surface area contributed by atoms with E-state index in [1.807, 2.05) is 0 Å². The van der Waals surface area contributed by atoms with E-state index in [2.05, 4.69) is 10.1 Å². The number of benzene rings is 2. The number of pyridine rings is 1. The second-order valence-electron chi connectivity index (χ2n) is 8.35. The molecule has 1 aliphatic rings. The zero-order valence-corrected chi connectivity index (χ0v) is 20.9. The highest BCUT2D eigenvalue weighted by Gasteiger charge is 2.37. The van der Waals surface area contributed by atoms with Gasteiger partial charge in [0.1, 0.15) is 18.0 Å². The van der Waals surface area contributed by atoms with Crippen molar-refractivity contribution in [2.45, 2.75) is 31.8 Å². The fraction of sp³-hybridized carbons (Fsp3) is 0.259. The minimum atomic E-state index is -1.19. The van der Waals surface area contributed by atoms with Crippen molar-refractivity contribution in [3.05, 3.63) is 88.7 Å². The largest absolute Gasteiger partial charge is 0.490 e. The number of halogens is 2. The molecule has 1 aromatic heterocycles. The fourth-order valence-corrected chi connectivity index (χ4v) is 4.17. The molecule has 0 bridgehead atoms. The average molecular weight is 525 g/mol. The number of ether oxygens (including phenoxy) is 3. The molecule has 2 aromatic carbocycles. The van der Waals surface area contributed by atoms with Gasteiger partial charge in [-0.3, -0.25) is 14.6 Å². The van der Waals surface area contributed by atoms with Crippen molar-refractivity contribution in [3.63, 3.8) is 0 Å². The molecule has 0 amide bonds. The molecule has 2 heterocycles. The van der Waals surface area contributed by atoms with Crippen LogP contribution in [0, 0.1) is 11.6 Å². The van der Waals surface area contributed by atoms with Gasteiger partial charge in [-0.25, -0.2) is 13.8 Å². The molecular weight excluding hydrogens is 498 g/mol. The second kappa shape index (κ2) is 11.4. The molecule has 11 heteroatoms. The third-order valence-electron chi connectivity index (χ3n) is 6.12. The van der Waals surface area contributed by atoms with Gasteiger partial charge in [0.15, 0.2) is 29.5 Å². The summed E-state index contributed by atoms with van der Waals surface area (Å²) in [5.74, 6) is -2.80. The molecule has 3 unspecified atom stereocenters. The monoisotopic (exact) mass is 524 g/mol. The van der Waals surface area contributed by atoms with Crippen molar-refractivity contribution in [1.29, 1.82) is 0 Å². The van der Waals surface area contributed by atoms with E-state index in [0.29, 0.717) is 29.4 Å². The lowest BCUT2D eigenvalue weighted by molar-refractivity contribution is -0.144. The lowest BCUT2D eigenvalue weighted by atomic mass is 10.0. The Morgan fingerprint density at radius 2 is 1.87 bits per heavy atom. The zero-order valence-electron chi connectivity index (χ0n) is 20.9. The van der Waals surface area contributed by atoms with Gasteiger partial charge in [-0.2, -0.15) is 5.10 Å². The topological polar surface area (TPSA) is 116 Å². The Bertz CT molecular complexity index is 1350. The van der Waals surface area contributed by atoms with Gasteiger partial charge in [0, 0.05) is 29.1 Å². The van der Waals surface area contributed by atoms with E-state index >= 15 is 4.39 Å². The number of nitrogens with zero attached hydrogens (tertiary/aromatic N) is 3. The van der Waals surface area contributed by atoms with Crippen LogP contribution in [0.1, 0.15) is 46.6 Å². The molecule has 3 aromatic rings. The number of hydrogen-bond acceptors (Lipinski definition) is 9. The highest BCUT2D eigenvalue weighted by molar-refractivity contribution is 6.08. The van der Waals surface area contributed by atoms with Crippen molar-refractivity contribution >= 4 is 17.8 Å². The highest BCUT2D eigenvalue weighted by Crippen LogP contribution is 2.37. The van der Waals surface area contributed by atoms with Gasteiger partial charge in [-0.1, -0.05) is 31.2 Å². The Labute approximate surface area is 217 Å². The quantitative estimate of drug-likeness (QED) is 0.333. The summed E-state index contributed by atoms with van der Waals surface area (Å²) in [7, 11) is 2.38. The average Bonchev–Trinajstić information content (AvgIpc) is 2.96. The summed E-state index contributed by atoms with van der Waals surface area (Å²) in [4.78, 5) is 28.6. The number of hydrogen-bond donors (Lipinski definition) is 1. The minimum Gasteiger partial charge on any atom is -0.490 e. The molecular formula is C27H26F2N4O5. The van der Waals surface area contributed by atoms with Gasteiger partial charge in [-0.15, -0.1) is 0 Å². The molecule has 38 heavy (non-hydrogen) atoms. The number of nitrogens with two attached hydrogens (primary N) is 1. The number of aldehydes is 1. The fourth-order valence-electron chi connectivity index (χ4n) is 4.17. The van der Waals surface area contributed by atoms with Crippen molar-refractivity contribution in [1.82, 2.24) is 9.99 Å². The van der Waals surface area contributed by atoms with E-state index in [0.717, 1.165) is 6.07 Å². The van der Waals surface area contributed by atoms with Crippen molar-refractivity contribution in [2.24, 2.45) is 10.8 Å². The molecule has 0 fully saturated rings. The Morgan fingerprint density at radius 3 is 2.45 bits per heavy atom. The summed E-state index contributed by atoms with van der Waals surface area (Å²) in [6, 6.07) is 10.7. The molecule has 0 saturated heterocycles. The van der Waals surface area contributed by atoms with Gasteiger partial charge in [0.25, 0.3) is 0 Å². The molecule has 4 rings (SSSR count). The van der Waals surface area contributed by atoms with Crippen LogP contribution in [0.4, 0.5) is 8.78 Å². The van der Waals surface area contributed by atoms with Crippen LogP contribution in [-0.2, 0) is 9.53 Å². The molecule has 1 aliphatic heterocycles. The van der Waals surface area contributed by atoms with Crippen LogP contribution in [0.15, 0.2) is 60.0 Å². The number of carbonyl (C=O) groups is 2. The van der Waals surface area contributed by atoms with E-state index in [1.54, 1.807) is 49.5 Å². The third kappa shape index (κ3) is 4.98. The van der Waals surface area contributed by atoms with Crippen LogP contribution >= 0.6 is 0 Å². The van der Waals surface area contributed by atoms with Crippen LogP contribution in [-0.4, -0.2) is 54.3 Å². The van der Waals surface area contributed by atoms with Gasteiger partial charge >= 0.3 is 0 Å². The molecule has 0 radical (unpaired) electrons. The number of carbonyl (C=O) groups excluding carboxylic acids is 2. The number of methoxy groups -OCH3 is 2. The summed E-state index contributed by atoms with van der Waals surface area (Å²) >= 11 is 0. The minimum absolute atomic E-state index is 0.0294.